The molecule has 4 aromatic heterocycles. The van der Waals surface area contributed by atoms with Crippen LogP contribution in [-0.4, -0.2) is 19.9 Å². The Kier molecular flexibility index (Phi) is 3.05. The Morgan fingerprint density at radius 2 is 1.91 bits per heavy atom. The minimum absolute atomic E-state index is 0.484. The molecule has 5 nitrogen and oxygen atoms in total. The highest BCUT2D eigenvalue weighted by Gasteiger charge is 2.17. The molecule has 5 heteroatoms. The molecule has 0 aliphatic rings. The predicted octanol–water partition coefficient (Wildman–Crippen LogP) is 3.58. The van der Waals surface area contributed by atoms with Crippen LogP contribution < -0.4 is 5.73 Å². The first-order chi connectivity index (χ1) is 11.2. The summed E-state index contributed by atoms with van der Waals surface area (Å²) >= 11 is 0. The molecular formula is C18H15N5. The third-order valence-electron chi connectivity index (χ3n) is 3.76. The number of anilines is 1. The van der Waals surface area contributed by atoms with Gasteiger partial charge in [-0.25, -0.2) is 4.98 Å². The lowest BCUT2D eigenvalue weighted by Crippen LogP contribution is -1.91. The van der Waals surface area contributed by atoms with E-state index < -0.39 is 0 Å². The maximum absolute atomic E-state index is 5.85. The molecule has 0 amide bonds. The molecule has 4 aromatic rings. The Bertz CT molecular complexity index is 989. The second-order valence-corrected chi connectivity index (χ2v) is 5.47. The molecule has 0 spiro atoms. The summed E-state index contributed by atoms with van der Waals surface area (Å²) in [7, 11) is 0. The average molecular weight is 301 g/mol. The first kappa shape index (κ1) is 13.5. The topological polar surface area (TPSA) is 80.5 Å². The Hall–Kier alpha value is -3.21. The van der Waals surface area contributed by atoms with Gasteiger partial charge in [0, 0.05) is 24.2 Å². The molecule has 4 rings (SSSR count). The van der Waals surface area contributed by atoms with Crippen molar-refractivity contribution in [2.24, 2.45) is 0 Å². The number of hydrogen-bond acceptors (Lipinski definition) is 4. The molecule has 0 bridgehead atoms. The van der Waals surface area contributed by atoms with Crippen molar-refractivity contribution in [2.75, 3.05) is 5.73 Å². The van der Waals surface area contributed by atoms with Gasteiger partial charge in [-0.1, -0.05) is 6.07 Å². The molecule has 0 fully saturated rings. The van der Waals surface area contributed by atoms with E-state index in [4.69, 9.17) is 5.73 Å². The minimum atomic E-state index is 0.484. The van der Waals surface area contributed by atoms with Gasteiger partial charge in [-0.3, -0.25) is 9.97 Å². The number of rotatable bonds is 2. The van der Waals surface area contributed by atoms with E-state index >= 15 is 0 Å². The van der Waals surface area contributed by atoms with Crippen LogP contribution in [-0.2, 0) is 0 Å². The molecule has 0 unspecified atom stereocenters. The van der Waals surface area contributed by atoms with E-state index in [9.17, 15) is 0 Å². The molecule has 23 heavy (non-hydrogen) atoms. The number of aryl methyl sites for hydroxylation is 1. The van der Waals surface area contributed by atoms with E-state index in [1.54, 1.807) is 12.4 Å². The zero-order valence-electron chi connectivity index (χ0n) is 12.6. The molecule has 0 atom stereocenters. The monoisotopic (exact) mass is 301 g/mol. The molecule has 0 aliphatic heterocycles. The van der Waals surface area contributed by atoms with E-state index in [2.05, 4.69) is 26.0 Å². The quantitative estimate of drug-likeness (QED) is 0.593. The van der Waals surface area contributed by atoms with Crippen LogP contribution in [0.4, 0.5) is 5.82 Å². The Balaban J connectivity index is 2.07. The maximum atomic E-state index is 5.85. The highest BCUT2D eigenvalue weighted by Crippen LogP contribution is 2.36. The third-order valence-corrected chi connectivity index (χ3v) is 3.76. The van der Waals surface area contributed by atoms with Gasteiger partial charge in [0.1, 0.15) is 5.82 Å². The fourth-order valence-electron chi connectivity index (χ4n) is 2.76. The van der Waals surface area contributed by atoms with Crippen LogP contribution >= 0.6 is 0 Å². The van der Waals surface area contributed by atoms with Gasteiger partial charge in [-0.05, 0) is 42.8 Å². The van der Waals surface area contributed by atoms with Crippen LogP contribution in [0, 0.1) is 6.92 Å². The summed E-state index contributed by atoms with van der Waals surface area (Å²) in [4.78, 5) is 16.6. The Labute approximate surface area is 133 Å². The standard InChI is InChI=1S/C18H15N5/c1-11-8-14-18(22-10-11)16(13-4-2-3-6-20-13)17(23-14)12-5-7-21-15(19)9-12/h2-10,23H,1H3,(H2,19,21). The molecule has 112 valence electrons. The summed E-state index contributed by atoms with van der Waals surface area (Å²) in [5.41, 5.74) is 12.6. The van der Waals surface area contributed by atoms with Crippen molar-refractivity contribution in [1.29, 1.82) is 0 Å². The average Bonchev–Trinajstić information content (AvgIpc) is 2.94. The van der Waals surface area contributed by atoms with Crippen LogP contribution in [0.15, 0.2) is 55.0 Å². The van der Waals surface area contributed by atoms with E-state index in [-0.39, 0.29) is 0 Å². The van der Waals surface area contributed by atoms with E-state index in [1.807, 2.05) is 43.5 Å². The summed E-state index contributed by atoms with van der Waals surface area (Å²) in [5.74, 6) is 0.484. The number of nitrogens with zero attached hydrogens (tertiary/aromatic N) is 3. The van der Waals surface area contributed by atoms with Gasteiger partial charge in [-0.2, -0.15) is 0 Å². The number of hydrogen-bond donors (Lipinski definition) is 2. The lowest BCUT2D eigenvalue weighted by molar-refractivity contribution is 1.31. The molecule has 0 aromatic carbocycles. The normalized spacial score (nSPS) is 11.0. The van der Waals surface area contributed by atoms with Crippen molar-refractivity contribution < 1.29 is 0 Å². The summed E-state index contributed by atoms with van der Waals surface area (Å²) in [6.07, 6.45) is 5.36. The molecule has 0 saturated heterocycles. The zero-order chi connectivity index (χ0) is 15.8. The Morgan fingerprint density at radius 1 is 1.00 bits per heavy atom. The van der Waals surface area contributed by atoms with Crippen molar-refractivity contribution in [3.63, 3.8) is 0 Å². The molecule has 0 saturated carbocycles. The number of fused-ring (bicyclic) bond motifs is 1. The fraction of sp³-hybridized carbons (Fsp3) is 0.0556. The van der Waals surface area contributed by atoms with Crippen LogP contribution in [0.25, 0.3) is 33.5 Å². The number of nitrogen functional groups attached to an aromatic ring is 1. The van der Waals surface area contributed by atoms with Crippen LogP contribution in [0.5, 0.6) is 0 Å². The number of H-pyrrole nitrogens is 1. The van der Waals surface area contributed by atoms with E-state index in [0.29, 0.717) is 5.82 Å². The molecular weight excluding hydrogens is 286 g/mol. The zero-order valence-corrected chi connectivity index (χ0v) is 12.6. The molecule has 0 radical (unpaired) electrons. The van der Waals surface area contributed by atoms with Gasteiger partial charge >= 0.3 is 0 Å². The van der Waals surface area contributed by atoms with Crippen LogP contribution in [0.3, 0.4) is 0 Å². The number of aromatic amines is 1. The van der Waals surface area contributed by atoms with Gasteiger partial charge in [-0.15, -0.1) is 0 Å². The second kappa shape index (κ2) is 5.21. The number of aromatic nitrogens is 4. The minimum Gasteiger partial charge on any atom is -0.384 e. The van der Waals surface area contributed by atoms with E-state index in [0.717, 1.165) is 39.1 Å². The molecule has 0 aliphatic carbocycles. The van der Waals surface area contributed by atoms with Gasteiger partial charge in [0.2, 0.25) is 0 Å². The van der Waals surface area contributed by atoms with Gasteiger partial charge in [0.15, 0.2) is 0 Å². The smallest absolute Gasteiger partial charge is 0.123 e. The second-order valence-electron chi connectivity index (χ2n) is 5.47. The first-order valence-electron chi connectivity index (χ1n) is 7.34. The number of pyridine rings is 3. The highest BCUT2D eigenvalue weighted by atomic mass is 14.8. The lowest BCUT2D eigenvalue weighted by atomic mass is 10.0. The van der Waals surface area contributed by atoms with E-state index in [1.165, 1.54) is 0 Å². The third kappa shape index (κ3) is 2.32. The Morgan fingerprint density at radius 3 is 2.70 bits per heavy atom. The fourth-order valence-corrected chi connectivity index (χ4v) is 2.76. The van der Waals surface area contributed by atoms with Crippen LogP contribution in [0.1, 0.15) is 5.56 Å². The molecule has 3 N–H and O–H groups in total. The number of nitrogens with one attached hydrogen (secondary N) is 1. The van der Waals surface area contributed by atoms with Crippen molar-refractivity contribution in [3.8, 4) is 22.5 Å². The van der Waals surface area contributed by atoms with Gasteiger partial charge < -0.3 is 10.7 Å². The molecule has 4 heterocycles. The summed E-state index contributed by atoms with van der Waals surface area (Å²) in [6, 6.07) is 11.7. The largest absolute Gasteiger partial charge is 0.384 e. The lowest BCUT2D eigenvalue weighted by Gasteiger charge is -2.05. The summed E-state index contributed by atoms with van der Waals surface area (Å²) in [6.45, 7) is 2.03. The first-order valence-corrected chi connectivity index (χ1v) is 7.34. The predicted molar refractivity (Wildman–Crippen MR) is 91.7 cm³/mol. The van der Waals surface area contributed by atoms with Crippen molar-refractivity contribution in [2.45, 2.75) is 6.92 Å². The maximum Gasteiger partial charge on any atom is 0.123 e. The summed E-state index contributed by atoms with van der Waals surface area (Å²) in [5, 5.41) is 0. The van der Waals surface area contributed by atoms with Crippen LogP contribution in [0.2, 0.25) is 0 Å². The van der Waals surface area contributed by atoms with Crippen molar-refractivity contribution >= 4 is 16.9 Å². The highest BCUT2D eigenvalue weighted by molar-refractivity contribution is 6.00. The van der Waals surface area contributed by atoms with Gasteiger partial charge in [0.25, 0.3) is 0 Å². The van der Waals surface area contributed by atoms with Crippen molar-refractivity contribution in [3.05, 3.63) is 60.6 Å². The SMILES string of the molecule is Cc1cnc2c(-c3ccccn3)c(-c3ccnc(N)c3)[nH]c2c1. The summed E-state index contributed by atoms with van der Waals surface area (Å²) < 4.78 is 0. The number of nitrogens with two attached hydrogens (primary N) is 1. The van der Waals surface area contributed by atoms with Crippen molar-refractivity contribution in [1.82, 2.24) is 19.9 Å². The van der Waals surface area contributed by atoms with Gasteiger partial charge in [0.05, 0.1) is 28.0 Å².